The number of fused-ring (bicyclic) bond motifs is 1. The van der Waals surface area contributed by atoms with Gasteiger partial charge in [0.2, 0.25) is 0 Å². The van der Waals surface area contributed by atoms with E-state index in [0.717, 1.165) is 67.7 Å². The maximum absolute atomic E-state index is 13.8. The number of carbonyl (C=O) groups excluding carboxylic acids is 1. The summed E-state index contributed by atoms with van der Waals surface area (Å²) < 4.78 is 0. The Kier molecular flexibility index (Phi) is 11.6. The zero-order valence-electron chi connectivity index (χ0n) is 18.6. The maximum Gasteiger partial charge on any atom is 1.00 e. The molecule has 0 atom stereocenters. The predicted octanol–water partition coefficient (Wildman–Crippen LogP) is 4.02. The zero-order valence-corrected chi connectivity index (χ0v) is 18.6. The Bertz CT molecular complexity index is 681. The summed E-state index contributed by atoms with van der Waals surface area (Å²) in [7, 11) is 0. The number of benzene rings is 2. The van der Waals surface area contributed by atoms with Crippen LogP contribution in [0.4, 0.5) is 0 Å². The molecule has 0 bridgehead atoms. The van der Waals surface area contributed by atoms with Gasteiger partial charge in [-0.15, -0.1) is 23.6 Å². The van der Waals surface area contributed by atoms with Crippen molar-refractivity contribution < 1.29 is 23.7 Å². The number of hydrogen-bond donors (Lipinski definition) is 0. The van der Waals surface area contributed by atoms with Crippen molar-refractivity contribution in [3.8, 4) is 0 Å². The summed E-state index contributed by atoms with van der Waals surface area (Å²) in [5.41, 5.74) is 0.738. The summed E-state index contributed by atoms with van der Waals surface area (Å²) >= 11 is 0. The number of amides is 1. The molecule has 2 nitrogen and oxygen atoms in total. The Labute approximate surface area is 184 Å². The van der Waals surface area contributed by atoms with Crippen LogP contribution in [0.1, 0.15) is 89.4 Å². The van der Waals surface area contributed by atoms with Crippen molar-refractivity contribution in [3.63, 3.8) is 0 Å². The molecule has 148 valence electrons. The van der Waals surface area contributed by atoms with Crippen LogP contribution in [0, 0.1) is 6.07 Å². The van der Waals surface area contributed by atoms with Crippen LogP contribution >= 0.6 is 0 Å². The fourth-order valence-corrected chi connectivity index (χ4v) is 4.28. The minimum atomic E-state index is 0. The molecule has 0 saturated carbocycles. The Hall–Kier alpha value is -1.23. The minimum Gasteiger partial charge on any atom is -0.373 e. The molecular formula is C25H36LiNO. The van der Waals surface area contributed by atoms with Crippen molar-refractivity contribution in [2.24, 2.45) is 0 Å². The average molecular weight is 374 g/mol. The number of hydrogen-bond acceptors (Lipinski definition) is 1. The van der Waals surface area contributed by atoms with Gasteiger partial charge in [-0.25, -0.2) is 0 Å². The second-order valence-corrected chi connectivity index (χ2v) is 7.61. The van der Waals surface area contributed by atoms with Gasteiger partial charge < -0.3 is 9.69 Å². The predicted molar refractivity (Wildman–Crippen MR) is 116 cm³/mol. The van der Waals surface area contributed by atoms with E-state index < -0.39 is 0 Å². The second-order valence-electron chi connectivity index (χ2n) is 7.61. The van der Waals surface area contributed by atoms with E-state index in [-0.39, 0.29) is 24.8 Å². The van der Waals surface area contributed by atoms with Gasteiger partial charge in [0.15, 0.2) is 5.91 Å². The van der Waals surface area contributed by atoms with Crippen molar-refractivity contribution in [1.29, 1.82) is 0 Å². The van der Waals surface area contributed by atoms with E-state index in [1.807, 2.05) is 24.3 Å². The third kappa shape index (κ3) is 6.13. The van der Waals surface area contributed by atoms with E-state index >= 15 is 0 Å². The molecule has 0 N–H and O–H groups in total. The fourth-order valence-electron chi connectivity index (χ4n) is 4.28. The van der Waals surface area contributed by atoms with Gasteiger partial charge in [0.1, 0.15) is 0 Å². The minimum absolute atomic E-state index is 0. The molecule has 2 rings (SSSR count). The molecule has 0 fully saturated rings. The topological polar surface area (TPSA) is 20.3 Å². The first-order chi connectivity index (χ1) is 13.2. The summed E-state index contributed by atoms with van der Waals surface area (Å²) in [5.74, 6) is 0.172. The van der Waals surface area contributed by atoms with Crippen LogP contribution < -0.4 is 18.9 Å². The molecule has 0 spiro atoms. The third-order valence-corrected chi connectivity index (χ3v) is 5.44. The molecule has 0 aliphatic rings. The van der Waals surface area contributed by atoms with Crippen molar-refractivity contribution >= 4 is 16.7 Å². The Morgan fingerprint density at radius 1 is 0.857 bits per heavy atom. The maximum atomic E-state index is 13.8. The van der Waals surface area contributed by atoms with Crippen LogP contribution in [-0.2, 0) is 0 Å². The van der Waals surface area contributed by atoms with Crippen LogP contribution in [0.15, 0.2) is 36.4 Å². The van der Waals surface area contributed by atoms with Crippen LogP contribution in [0.25, 0.3) is 10.8 Å². The first-order valence-electron chi connectivity index (χ1n) is 10.9. The molecule has 28 heavy (non-hydrogen) atoms. The number of carbonyl (C=O) groups is 1. The third-order valence-electron chi connectivity index (χ3n) is 5.44. The smallest absolute Gasteiger partial charge is 0.373 e. The van der Waals surface area contributed by atoms with Crippen LogP contribution in [0.5, 0.6) is 0 Å². The monoisotopic (exact) mass is 373 g/mol. The Morgan fingerprint density at radius 2 is 1.36 bits per heavy atom. The quantitative estimate of drug-likeness (QED) is 0.430. The van der Waals surface area contributed by atoms with Gasteiger partial charge in [-0.3, -0.25) is 0 Å². The number of rotatable bonds is 11. The zero-order chi connectivity index (χ0) is 19.6. The van der Waals surface area contributed by atoms with Crippen LogP contribution in [0.2, 0.25) is 0 Å². The van der Waals surface area contributed by atoms with Gasteiger partial charge in [-0.2, -0.15) is 0 Å². The standard InChI is InChI=1S/C25H36NO.Li/c1-5-12-21(13-6-2)26(22(14-7-3)15-8-4)25(27)24-19-11-17-20-16-9-10-18-23(20)24;/h9-11,16-18,21-22H,5-8,12-15H2,1-4H3;/q-1;+1. The van der Waals surface area contributed by atoms with E-state index in [0.29, 0.717) is 12.1 Å². The van der Waals surface area contributed by atoms with Gasteiger partial charge in [0, 0.05) is 12.1 Å². The number of nitrogens with zero attached hydrogens (tertiary/aromatic N) is 1. The molecule has 2 aromatic rings. The summed E-state index contributed by atoms with van der Waals surface area (Å²) in [6.07, 6.45) is 8.75. The van der Waals surface area contributed by atoms with Gasteiger partial charge in [-0.05, 0) is 25.7 Å². The molecule has 3 heteroatoms. The van der Waals surface area contributed by atoms with Crippen molar-refractivity contribution in [2.45, 2.75) is 91.1 Å². The normalized spacial score (nSPS) is 11.1. The van der Waals surface area contributed by atoms with Crippen LogP contribution in [0.3, 0.4) is 0 Å². The first kappa shape index (κ1) is 24.8. The molecule has 2 aromatic carbocycles. The van der Waals surface area contributed by atoms with E-state index in [2.05, 4.69) is 50.8 Å². The van der Waals surface area contributed by atoms with Crippen molar-refractivity contribution in [3.05, 3.63) is 48.0 Å². The van der Waals surface area contributed by atoms with Crippen LogP contribution in [-0.4, -0.2) is 22.9 Å². The van der Waals surface area contributed by atoms with Gasteiger partial charge in [-0.1, -0.05) is 88.6 Å². The molecule has 0 saturated heterocycles. The molecule has 0 radical (unpaired) electrons. The molecule has 0 heterocycles. The molecule has 0 aliphatic carbocycles. The first-order valence-corrected chi connectivity index (χ1v) is 10.9. The van der Waals surface area contributed by atoms with E-state index in [1.54, 1.807) is 0 Å². The molecule has 1 amide bonds. The SMILES string of the molecule is CCCC(CCC)N(C(=O)c1[c-]ccc2ccccc12)C(CCC)CCC.[Li+]. The Morgan fingerprint density at radius 3 is 1.86 bits per heavy atom. The summed E-state index contributed by atoms with van der Waals surface area (Å²) in [4.78, 5) is 16.1. The average Bonchev–Trinajstić information content (AvgIpc) is 2.68. The summed E-state index contributed by atoms with van der Waals surface area (Å²) in [6, 6.07) is 16.0. The molecule has 0 aliphatic heterocycles. The molecule has 0 aromatic heterocycles. The van der Waals surface area contributed by atoms with Gasteiger partial charge in [0.05, 0.1) is 0 Å². The largest absolute Gasteiger partial charge is 1.00 e. The summed E-state index contributed by atoms with van der Waals surface area (Å²) in [6.45, 7) is 8.90. The van der Waals surface area contributed by atoms with E-state index in [9.17, 15) is 4.79 Å². The van der Waals surface area contributed by atoms with E-state index in [1.165, 1.54) is 0 Å². The second kappa shape index (κ2) is 13.1. The molecule has 0 unspecified atom stereocenters. The van der Waals surface area contributed by atoms with E-state index in [4.69, 9.17) is 0 Å². The van der Waals surface area contributed by atoms with Gasteiger partial charge in [0.25, 0.3) is 0 Å². The fraction of sp³-hybridized carbons (Fsp3) is 0.560. The van der Waals surface area contributed by atoms with Gasteiger partial charge >= 0.3 is 18.9 Å². The van der Waals surface area contributed by atoms with Crippen molar-refractivity contribution in [1.82, 2.24) is 4.90 Å². The summed E-state index contributed by atoms with van der Waals surface area (Å²) in [5, 5.41) is 2.14. The van der Waals surface area contributed by atoms with Crippen molar-refractivity contribution in [2.75, 3.05) is 0 Å². The Balaban J connectivity index is 0.00000392. The molecular weight excluding hydrogens is 337 g/mol.